The van der Waals surface area contributed by atoms with Gasteiger partial charge in [0.05, 0.1) is 6.54 Å². The summed E-state index contributed by atoms with van der Waals surface area (Å²) in [5.74, 6) is 0.754. The fraction of sp³-hybridized carbons (Fsp3) is 0.263. The zero-order valence-corrected chi connectivity index (χ0v) is 15.5. The lowest BCUT2D eigenvalue weighted by molar-refractivity contribution is -0.127. The number of hydrogen-bond acceptors (Lipinski definition) is 5. The van der Waals surface area contributed by atoms with Gasteiger partial charge in [-0.05, 0) is 32.0 Å². The van der Waals surface area contributed by atoms with Crippen LogP contribution in [0.1, 0.15) is 12.7 Å². The molecule has 0 radical (unpaired) electrons. The number of nitrogens with zero attached hydrogens (tertiary/aromatic N) is 4. The Balaban J connectivity index is 1.58. The van der Waals surface area contributed by atoms with E-state index in [1.165, 1.54) is 28.9 Å². The SMILES string of the molecule is Cc1nccn1-c1ccc(=O)n(CCNC(=O)[C@@H](C)Oc2cccc(F)c2)n1. The van der Waals surface area contributed by atoms with Crippen LogP contribution in [0.3, 0.4) is 0 Å². The molecule has 146 valence electrons. The van der Waals surface area contributed by atoms with Gasteiger partial charge in [-0.2, -0.15) is 5.10 Å². The highest BCUT2D eigenvalue weighted by Gasteiger charge is 2.14. The van der Waals surface area contributed by atoms with Crippen LogP contribution in [0, 0.1) is 12.7 Å². The molecule has 0 saturated carbocycles. The van der Waals surface area contributed by atoms with Crippen LogP contribution in [0.4, 0.5) is 4.39 Å². The normalized spacial score (nSPS) is 11.8. The summed E-state index contributed by atoms with van der Waals surface area (Å²) >= 11 is 0. The van der Waals surface area contributed by atoms with Gasteiger partial charge in [0.2, 0.25) is 0 Å². The van der Waals surface area contributed by atoms with Gasteiger partial charge in [0.15, 0.2) is 11.9 Å². The monoisotopic (exact) mass is 385 g/mol. The molecule has 0 spiro atoms. The predicted octanol–water partition coefficient (Wildman–Crippen LogP) is 1.46. The molecule has 0 unspecified atom stereocenters. The fourth-order valence-electron chi connectivity index (χ4n) is 2.57. The Morgan fingerprint density at radius 3 is 2.86 bits per heavy atom. The summed E-state index contributed by atoms with van der Waals surface area (Å²) in [7, 11) is 0. The molecule has 9 heteroatoms. The molecule has 28 heavy (non-hydrogen) atoms. The van der Waals surface area contributed by atoms with E-state index in [1.807, 2.05) is 6.92 Å². The zero-order chi connectivity index (χ0) is 20.1. The summed E-state index contributed by atoms with van der Waals surface area (Å²) in [5, 5.41) is 6.98. The lowest BCUT2D eigenvalue weighted by Crippen LogP contribution is -2.39. The van der Waals surface area contributed by atoms with Crippen molar-refractivity contribution in [3.8, 4) is 11.6 Å². The molecule has 1 atom stereocenters. The van der Waals surface area contributed by atoms with E-state index >= 15 is 0 Å². The fourth-order valence-corrected chi connectivity index (χ4v) is 2.57. The Kier molecular flexibility index (Phi) is 5.83. The number of amides is 1. The summed E-state index contributed by atoms with van der Waals surface area (Å²) in [6, 6.07) is 8.60. The van der Waals surface area contributed by atoms with Crippen LogP contribution in [0.2, 0.25) is 0 Å². The van der Waals surface area contributed by atoms with Crippen molar-refractivity contribution in [3.05, 3.63) is 70.8 Å². The lowest BCUT2D eigenvalue weighted by Gasteiger charge is -2.15. The number of hydrogen-bond donors (Lipinski definition) is 1. The number of aromatic nitrogens is 4. The number of aryl methyl sites for hydroxylation is 1. The molecular weight excluding hydrogens is 365 g/mol. The van der Waals surface area contributed by atoms with Gasteiger partial charge >= 0.3 is 0 Å². The number of imidazole rings is 1. The van der Waals surface area contributed by atoms with Gasteiger partial charge in [0.25, 0.3) is 11.5 Å². The summed E-state index contributed by atoms with van der Waals surface area (Å²) in [6.45, 7) is 3.78. The first-order chi connectivity index (χ1) is 13.4. The van der Waals surface area contributed by atoms with E-state index in [2.05, 4.69) is 15.4 Å². The highest BCUT2D eigenvalue weighted by atomic mass is 19.1. The van der Waals surface area contributed by atoms with E-state index in [0.29, 0.717) is 5.82 Å². The second-order valence-corrected chi connectivity index (χ2v) is 6.11. The molecule has 3 rings (SSSR count). The van der Waals surface area contributed by atoms with Crippen molar-refractivity contribution in [3.63, 3.8) is 0 Å². The van der Waals surface area contributed by atoms with Gasteiger partial charge in [-0.15, -0.1) is 0 Å². The van der Waals surface area contributed by atoms with Crippen LogP contribution >= 0.6 is 0 Å². The molecule has 0 aliphatic rings. The average Bonchev–Trinajstić information content (AvgIpc) is 3.09. The quantitative estimate of drug-likeness (QED) is 0.665. The number of benzene rings is 1. The number of carbonyl (C=O) groups is 1. The summed E-state index contributed by atoms with van der Waals surface area (Å²) in [6.07, 6.45) is 2.58. The van der Waals surface area contributed by atoms with Crippen molar-refractivity contribution in [2.75, 3.05) is 6.54 Å². The number of nitrogens with one attached hydrogen (secondary N) is 1. The minimum atomic E-state index is -0.814. The van der Waals surface area contributed by atoms with E-state index in [1.54, 1.807) is 36.0 Å². The Bertz CT molecular complexity index is 1030. The van der Waals surface area contributed by atoms with Gasteiger partial charge in [0, 0.05) is 31.1 Å². The predicted molar refractivity (Wildman–Crippen MR) is 99.9 cm³/mol. The van der Waals surface area contributed by atoms with Gasteiger partial charge < -0.3 is 10.1 Å². The molecule has 3 aromatic rings. The number of rotatable bonds is 7. The minimum absolute atomic E-state index is 0.189. The standard InChI is InChI=1S/C19H20FN5O3/c1-13(28-16-5-3-4-15(20)12-16)19(27)22-9-11-25-18(26)7-6-17(23-25)24-10-8-21-14(24)2/h3-8,10,12-13H,9,11H2,1-2H3,(H,22,27)/t13-/m1/s1. The van der Waals surface area contributed by atoms with Crippen molar-refractivity contribution in [1.82, 2.24) is 24.6 Å². The maximum absolute atomic E-state index is 13.2. The van der Waals surface area contributed by atoms with E-state index in [4.69, 9.17) is 4.74 Å². The second kappa shape index (κ2) is 8.47. The van der Waals surface area contributed by atoms with Crippen LogP contribution < -0.4 is 15.6 Å². The van der Waals surface area contributed by atoms with Crippen molar-refractivity contribution in [2.45, 2.75) is 26.5 Å². The molecule has 0 fully saturated rings. The smallest absolute Gasteiger partial charge is 0.266 e. The van der Waals surface area contributed by atoms with Crippen molar-refractivity contribution >= 4 is 5.91 Å². The van der Waals surface area contributed by atoms with Gasteiger partial charge in [-0.25, -0.2) is 14.1 Å². The van der Waals surface area contributed by atoms with Gasteiger partial charge in [-0.3, -0.25) is 14.2 Å². The molecule has 0 aliphatic carbocycles. The third-order valence-corrected chi connectivity index (χ3v) is 4.03. The van der Waals surface area contributed by atoms with E-state index in [0.717, 1.165) is 5.82 Å². The first kappa shape index (κ1) is 19.3. The van der Waals surface area contributed by atoms with Gasteiger partial charge in [-0.1, -0.05) is 6.07 Å². The van der Waals surface area contributed by atoms with E-state index < -0.39 is 11.9 Å². The van der Waals surface area contributed by atoms with Crippen LogP contribution in [-0.2, 0) is 11.3 Å². The molecule has 0 bridgehead atoms. The largest absolute Gasteiger partial charge is 0.481 e. The third kappa shape index (κ3) is 4.61. The van der Waals surface area contributed by atoms with Crippen molar-refractivity contribution < 1.29 is 13.9 Å². The summed E-state index contributed by atoms with van der Waals surface area (Å²) in [4.78, 5) is 28.3. The number of carbonyl (C=O) groups excluding carboxylic acids is 1. The summed E-state index contributed by atoms with van der Waals surface area (Å²) < 4.78 is 21.6. The highest BCUT2D eigenvalue weighted by Crippen LogP contribution is 2.13. The zero-order valence-electron chi connectivity index (χ0n) is 15.5. The number of ether oxygens (including phenoxy) is 1. The van der Waals surface area contributed by atoms with Gasteiger partial charge in [0.1, 0.15) is 17.4 Å². The molecule has 2 aromatic heterocycles. The van der Waals surface area contributed by atoms with Crippen LogP contribution in [0.5, 0.6) is 5.75 Å². The van der Waals surface area contributed by atoms with Crippen LogP contribution in [-0.4, -0.2) is 37.9 Å². The maximum Gasteiger partial charge on any atom is 0.266 e. The van der Waals surface area contributed by atoms with Crippen LogP contribution in [0.15, 0.2) is 53.6 Å². The average molecular weight is 385 g/mol. The molecular formula is C19H20FN5O3. The molecule has 8 nitrogen and oxygen atoms in total. The second-order valence-electron chi connectivity index (χ2n) is 6.11. The minimum Gasteiger partial charge on any atom is -0.481 e. The maximum atomic E-state index is 13.2. The first-order valence-corrected chi connectivity index (χ1v) is 8.72. The van der Waals surface area contributed by atoms with E-state index in [9.17, 15) is 14.0 Å². The Morgan fingerprint density at radius 1 is 1.32 bits per heavy atom. The molecule has 1 N–H and O–H groups in total. The summed E-state index contributed by atoms with van der Waals surface area (Å²) in [5.41, 5.74) is -0.278. The molecule has 0 saturated heterocycles. The molecule has 0 aliphatic heterocycles. The topological polar surface area (TPSA) is 91.0 Å². The third-order valence-electron chi connectivity index (χ3n) is 4.03. The van der Waals surface area contributed by atoms with Crippen molar-refractivity contribution in [2.24, 2.45) is 0 Å². The Morgan fingerprint density at radius 2 is 2.14 bits per heavy atom. The Hall–Kier alpha value is -3.49. The highest BCUT2D eigenvalue weighted by molar-refractivity contribution is 5.80. The van der Waals surface area contributed by atoms with Crippen LogP contribution in [0.25, 0.3) is 5.82 Å². The molecule has 2 heterocycles. The van der Waals surface area contributed by atoms with E-state index in [-0.39, 0.29) is 30.3 Å². The molecule has 1 aromatic carbocycles. The lowest BCUT2D eigenvalue weighted by atomic mass is 10.3. The van der Waals surface area contributed by atoms with Crippen molar-refractivity contribution in [1.29, 1.82) is 0 Å². The Labute approximate surface area is 160 Å². The number of halogens is 1. The molecule has 1 amide bonds. The first-order valence-electron chi connectivity index (χ1n) is 8.72.